The van der Waals surface area contributed by atoms with Gasteiger partial charge in [0.1, 0.15) is 4.90 Å². The van der Waals surface area contributed by atoms with Crippen molar-refractivity contribution in [3.63, 3.8) is 0 Å². The summed E-state index contributed by atoms with van der Waals surface area (Å²) in [6, 6.07) is 5.66. The Hall–Kier alpha value is -2.35. The molecule has 0 aliphatic heterocycles. The Balaban J connectivity index is 2.47. The summed E-state index contributed by atoms with van der Waals surface area (Å²) in [6.45, 7) is 3.33. The summed E-state index contributed by atoms with van der Waals surface area (Å²) in [5.74, 6) is -1.06. The van der Waals surface area contributed by atoms with Crippen LogP contribution in [0.5, 0.6) is 0 Å². The molecule has 8 heteroatoms. The second kappa shape index (κ2) is 5.45. The average Bonchev–Trinajstić information content (AvgIpc) is 2.71. The Kier molecular flexibility index (Phi) is 3.97. The van der Waals surface area contributed by atoms with Crippen molar-refractivity contribution in [3.8, 4) is 0 Å². The van der Waals surface area contributed by atoms with Crippen LogP contribution in [-0.4, -0.2) is 36.3 Å². The number of nitrogens with zero attached hydrogens (tertiary/aromatic N) is 3. The highest BCUT2D eigenvalue weighted by Gasteiger charge is 2.28. The van der Waals surface area contributed by atoms with Crippen molar-refractivity contribution >= 4 is 21.7 Å². The minimum atomic E-state index is -3.76. The largest absolute Gasteiger partial charge is 0.478 e. The van der Waals surface area contributed by atoms with Gasteiger partial charge in [-0.05, 0) is 38.1 Å². The van der Waals surface area contributed by atoms with Crippen molar-refractivity contribution in [2.75, 3.05) is 11.4 Å². The number of carbonyl (C=O) groups is 1. The Morgan fingerprint density at radius 1 is 1.23 bits per heavy atom. The quantitative estimate of drug-likeness (QED) is 0.922. The van der Waals surface area contributed by atoms with E-state index in [-0.39, 0.29) is 10.5 Å². The number of anilines is 1. The van der Waals surface area contributed by atoms with Gasteiger partial charge in [0.2, 0.25) is 0 Å². The van der Waals surface area contributed by atoms with Gasteiger partial charge < -0.3 is 5.11 Å². The number of aryl methyl sites for hydroxylation is 2. The lowest BCUT2D eigenvalue weighted by molar-refractivity contribution is 0.0697. The molecule has 0 atom stereocenters. The molecule has 0 spiro atoms. The summed E-state index contributed by atoms with van der Waals surface area (Å²) in [6.07, 6.45) is 0. The predicted octanol–water partition coefficient (Wildman–Crippen LogP) is 1.56. The van der Waals surface area contributed by atoms with Gasteiger partial charge in [0.15, 0.2) is 0 Å². The Morgan fingerprint density at radius 2 is 1.77 bits per heavy atom. The number of hydrogen-bond acceptors (Lipinski definition) is 4. The Morgan fingerprint density at radius 3 is 2.18 bits per heavy atom. The Bertz CT molecular complexity index is 823. The van der Waals surface area contributed by atoms with Crippen molar-refractivity contribution < 1.29 is 18.3 Å². The van der Waals surface area contributed by atoms with E-state index < -0.39 is 16.0 Å². The highest BCUT2D eigenvalue weighted by Crippen LogP contribution is 2.26. The second-order valence-corrected chi connectivity index (χ2v) is 6.85. The molecule has 1 heterocycles. The first kappa shape index (κ1) is 16.0. The number of carboxylic acid groups (broad SMARTS) is 1. The third-order valence-corrected chi connectivity index (χ3v) is 5.58. The topological polar surface area (TPSA) is 92.5 Å². The summed E-state index contributed by atoms with van der Waals surface area (Å²) in [5, 5.41) is 13.0. The summed E-state index contributed by atoms with van der Waals surface area (Å²) in [5.41, 5.74) is 1.46. The first-order chi connectivity index (χ1) is 10.2. The number of rotatable bonds is 4. The molecule has 0 aliphatic carbocycles. The SMILES string of the molecule is Cc1nn(C)c(C)c1S(=O)(=O)N(C)c1ccc(C(=O)O)cc1. The number of aromatic nitrogens is 2. The van der Waals surface area contributed by atoms with Crippen LogP contribution in [0.4, 0.5) is 5.69 Å². The highest BCUT2D eigenvalue weighted by atomic mass is 32.2. The third kappa shape index (κ3) is 2.57. The van der Waals surface area contributed by atoms with Crippen LogP contribution in [0, 0.1) is 13.8 Å². The lowest BCUT2D eigenvalue weighted by atomic mass is 10.2. The molecule has 2 aromatic rings. The fourth-order valence-corrected chi connectivity index (χ4v) is 3.81. The molecule has 118 valence electrons. The predicted molar refractivity (Wildman–Crippen MR) is 81.7 cm³/mol. The van der Waals surface area contributed by atoms with Crippen molar-refractivity contribution in [1.29, 1.82) is 0 Å². The van der Waals surface area contributed by atoms with E-state index in [1.54, 1.807) is 20.9 Å². The van der Waals surface area contributed by atoms with Crippen LogP contribution in [0.2, 0.25) is 0 Å². The molecule has 0 amide bonds. The number of sulfonamides is 1. The van der Waals surface area contributed by atoms with E-state index in [1.165, 1.54) is 36.0 Å². The number of hydrogen-bond donors (Lipinski definition) is 1. The first-order valence-corrected chi connectivity index (χ1v) is 7.92. The summed E-state index contributed by atoms with van der Waals surface area (Å²) < 4.78 is 28.2. The monoisotopic (exact) mass is 323 g/mol. The molecule has 1 N–H and O–H groups in total. The van der Waals surface area contributed by atoms with Crippen LogP contribution in [0.25, 0.3) is 0 Å². The van der Waals surface area contributed by atoms with E-state index in [9.17, 15) is 13.2 Å². The van der Waals surface area contributed by atoms with Gasteiger partial charge in [-0.25, -0.2) is 13.2 Å². The molecule has 22 heavy (non-hydrogen) atoms. The number of aromatic carboxylic acids is 1. The molecule has 0 saturated carbocycles. The zero-order chi connectivity index (χ0) is 16.7. The molecule has 2 rings (SSSR count). The highest BCUT2D eigenvalue weighted by molar-refractivity contribution is 7.92. The van der Waals surface area contributed by atoms with E-state index in [0.717, 1.165) is 4.31 Å². The van der Waals surface area contributed by atoms with Crippen LogP contribution >= 0.6 is 0 Å². The van der Waals surface area contributed by atoms with Gasteiger partial charge in [-0.15, -0.1) is 0 Å². The van der Waals surface area contributed by atoms with Gasteiger partial charge >= 0.3 is 5.97 Å². The van der Waals surface area contributed by atoms with Gasteiger partial charge in [-0.2, -0.15) is 5.10 Å². The molecule has 1 aromatic heterocycles. The molecule has 0 unspecified atom stereocenters. The van der Waals surface area contributed by atoms with Crippen LogP contribution in [0.3, 0.4) is 0 Å². The van der Waals surface area contributed by atoms with Crippen LogP contribution in [0.1, 0.15) is 21.7 Å². The fraction of sp³-hybridized carbons (Fsp3) is 0.286. The maximum absolute atomic E-state index is 12.8. The van der Waals surface area contributed by atoms with Crippen molar-refractivity contribution in [1.82, 2.24) is 9.78 Å². The minimum Gasteiger partial charge on any atom is -0.478 e. The lowest BCUT2D eigenvalue weighted by Crippen LogP contribution is -2.27. The van der Waals surface area contributed by atoms with Gasteiger partial charge in [0, 0.05) is 14.1 Å². The number of benzene rings is 1. The standard InChI is InChI=1S/C14H17N3O4S/c1-9-13(10(2)16(3)15-9)22(20,21)17(4)12-7-5-11(6-8-12)14(18)19/h5-8H,1-4H3,(H,18,19). The number of carboxylic acids is 1. The molecule has 0 saturated heterocycles. The minimum absolute atomic E-state index is 0.100. The van der Waals surface area contributed by atoms with Gasteiger partial charge in [0.25, 0.3) is 10.0 Å². The maximum atomic E-state index is 12.8. The average molecular weight is 323 g/mol. The van der Waals surface area contributed by atoms with E-state index >= 15 is 0 Å². The summed E-state index contributed by atoms with van der Waals surface area (Å²) >= 11 is 0. The van der Waals surface area contributed by atoms with Crippen molar-refractivity contribution in [2.24, 2.45) is 7.05 Å². The summed E-state index contributed by atoms with van der Waals surface area (Å²) in [4.78, 5) is 11.0. The lowest BCUT2D eigenvalue weighted by Gasteiger charge is -2.19. The zero-order valence-corrected chi connectivity index (χ0v) is 13.5. The molecule has 0 bridgehead atoms. The smallest absolute Gasteiger partial charge is 0.335 e. The second-order valence-electron chi connectivity index (χ2n) is 4.95. The summed E-state index contributed by atoms with van der Waals surface area (Å²) in [7, 11) is -0.652. The first-order valence-electron chi connectivity index (χ1n) is 6.48. The zero-order valence-electron chi connectivity index (χ0n) is 12.7. The molecule has 7 nitrogen and oxygen atoms in total. The molecule has 0 radical (unpaired) electrons. The molecule has 1 aromatic carbocycles. The molecule has 0 aliphatic rings. The van der Waals surface area contributed by atoms with E-state index in [4.69, 9.17) is 5.11 Å². The van der Waals surface area contributed by atoms with Crippen LogP contribution in [0.15, 0.2) is 29.2 Å². The molecule has 0 fully saturated rings. The van der Waals surface area contributed by atoms with E-state index in [2.05, 4.69) is 5.10 Å². The molecular weight excluding hydrogens is 306 g/mol. The van der Waals surface area contributed by atoms with Crippen molar-refractivity contribution in [2.45, 2.75) is 18.7 Å². The van der Waals surface area contributed by atoms with Gasteiger partial charge in [-0.3, -0.25) is 8.99 Å². The third-order valence-electron chi connectivity index (χ3n) is 3.54. The van der Waals surface area contributed by atoms with Crippen molar-refractivity contribution in [3.05, 3.63) is 41.2 Å². The normalized spacial score (nSPS) is 11.5. The van der Waals surface area contributed by atoms with E-state index in [1.807, 2.05) is 0 Å². The van der Waals surface area contributed by atoms with Gasteiger partial charge in [0.05, 0.1) is 22.6 Å². The Labute approximate surface area is 128 Å². The maximum Gasteiger partial charge on any atom is 0.335 e. The fourth-order valence-electron chi connectivity index (χ4n) is 2.22. The van der Waals surface area contributed by atoms with Crippen LogP contribution in [-0.2, 0) is 17.1 Å². The van der Waals surface area contributed by atoms with Crippen LogP contribution < -0.4 is 4.31 Å². The van der Waals surface area contributed by atoms with E-state index in [0.29, 0.717) is 17.1 Å². The molecular formula is C14H17N3O4S. The van der Waals surface area contributed by atoms with Gasteiger partial charge in [-0.1, -0.05) is 0 Å².